The number of hydrogen-bond donors (Lipinski definition) is 2. The number of nitrogens with zero attached hydrogens (tertiary/aromatic N) is 3. The molecule has 1 heterocycles. The van der Waals surface area contributed by atoms with Crippen molar-refractivity contribution >= 4 is 44.8 Å². The van der Waals surface area contributed by atoms with E-state index in [0.29, 0.717) is 45.3 Å². The van der Waals surface area contributed by atoms with Crippen molar-refractivity contribution in [2.45, 2.75) is 37.6 Å². The number of nitrogens with one attached hydrogen (secondary N) is 1. The van der Waals surface area contributed by atoms with E-state index >= 15 is 0 Å². The number of halogens is 2. The van der Waals surface area contributed by atoms with E-state index in [-0.39, 0.29) is 22.0 Å². The molecule has 0 aliphatic heterocycles. The van der Waals surface area contributed by atoms with Crippen molar-refractivity contribution in [3.63, 3.8) is 0 Å². The van der Waals surface area contributed by atoms with Crippen LogP contribution in [0.2, 0.25) is 10.0 Å². The topological polar surface area (TPSA) is 129 Å². The van der Waals surface area contributed by atoms with E-state index in [2.05, 4.69) is 9.82 Å². The first-order chi connectivity index (χ1) is 21.1. The maximum absolute atomic E-state index is 13.8. The van der Waals surface area contributed by atoms with Crippen molar-refractivity contribution in [2.75, 3.05) is 5.73 Å². The molecular weight excluding hydrogens is 621 g/mol. The minimum Gasteiger partial charge on any atom is -0.399 e. The molecule has 9 nitrogen and oxygen atoms in total. The van der Waals surface area contributed by atoms with Crippen LogP contribution in [-0.4, -0.2) is 28.7 Å². The normalized spacial score (nSPS) is 11.4. The summed E-state index contributed by atoms with van der Waals surface area (Å²) >= 11 is 12.6. The van der Waals surface area contributed by atoms with Crippen LogP contribution in [0.3, 0.4) is 0 Å². The molecule has 0 saturated carbocycles. The molecular formula is C32H29Cl2N5O4S. The number of carbonyl (C=O) groups is 1. The average Bonchev–Trinajstić information content (AvgIpc) is 3.31. The number of aromatic nitrogens is 3. The lowest BCUT2D eigenvalue weighted by atomic mass is 10.0. The Labute approximate surface area is 264 Å². The highest BCUT2D eigenvalue weighted by Gasteiger charge is 2.25. The van der Waals surface area contributed by atoms with Gasteiger partial charge in [0, 0.05) is 17.7 Å². The largest absolute Gasteiger partial charge is 0.399 e. The van der Waals surface area contributed by atoms with Crippen LogP contribution in [0.1, 0.15) is 41.5 Å². The molecule has 1 amide bonds. The number of rotatable bonds is 10. The number of amides is 1. The quantitative estimate of drug-likeness (QED) is 0.176. The first kappa shape index (κ1) is 31.1. The summed E-state index contributed by atoms with van der Waals surface area (Å²) in [5.41, 5.74) is 7.82. The van der Waals surface area contributed by atoms with Crippen LogP contribution in [0.15, 0.2) is 101 Å². The van der Waals surface area contributed by atoms with E-state index in [1.54, 1.807) is 66.7 Å². The zero-order valence-electron chi connectivity index (χ0n) is 23.7. The van der Waals surface area contributed by atoms with Gasteiger partial charge in [-0.3, -0.25) is 9.36 Å². The summed E-state index contributed by atoms with van der Waals surface area (Å²) in [4.78, 5) is 26.6. The van der Waals surface area contributed by atoms with E-state index in [1.807, 2.05) is 13.0 Å². The second kappa shape index (κ2) is 13.1. The molecule has 3 N–H and O–H groups in total. The van der Waals surface area contributed by atoms with Gasteiger partial charge in [0.2, 0.25) is 0 Å². The zero-order chi connectivity index (χ0) is 31.4. The smallest absolute Gasteiger partial charge is 0.351 e. The summed E-state index contributed by atoms with van der Waals surface area (Å²) in [5, 5.41) is 5.00. The molecule has 0 unspecified atom stereocenters. The van der Waals surface area contributed by atoms with Gasteiger partial charge in [-0.1, -0.05) is 91.1 Å². The molecule has 5 rings (SSSR count). The third-order valence-electron chi connectivity index (χ3n) is 7.00. The van der Waals surface area contributed by atoms with Gasteiger partial charge >= 0.3 is 5.69 Å². The van der Waals surface area contributed by atoms with E-state index in [0.717, 1.165) is 12.8 Å². The number of nitrogen functional groups attached to an aromatic ring is 1. The van der Waals surface area contributed by atoms with Crippen LogP contribution in [0.5, 0.6) is 0 Å². The van der Waals surface area contributed by atoms with Gasteiger partial charge in [0.15, 0.2) is 0 Å². The average molecular weight is 651 g/mol. The highest BCUT2D eigenvalue weighted by Crippen LogP contribution is 2.29. The minimum atomic E-state index is -4.40. The van der Waals surface area contributed by atoms with Gasteiger partial charge in [-0.25, -0.2) is 17.9 Å². The molecule has 0 spiro atoms. The monoisotopic (exact) mass is 649 g/mol. The Bertz CT molecular complexity index is 2010. The van der Waals surface area contributed by atoms with Gasteiger partial charge in [-0.2, -0.15) is 4.68 Å². The predicted molar refractivity (Wildman–Crippen MR) is 173 cm³/mol. The van der Waals surface area contributed by atoms with Gasteiger partial charge in [0.1, 0.15) is 5.82 Å². The van der Waals surface area contributed by atoms with Gasteiger partial charge < -0.3 is 5.73 Å². The lowest BCUT2D eigenvalue weighted by Crippen LogP contribution is -2.31. The molecule has 0 fully saturated rings. The summed E-state index contributed by atoms with van der Waals surface area (Å²) in [7, 11) is -4.40. The van der Waals surface area contributed by atoms with E-state index in [1.165, 1.54) is 27.4 Å². The molecule has 4 aromatic carbocycles. The second-order valence-corrected chi connectivity index (χ2v) is 12.6. The lowest BCUT2D eigenvalue weighted by molar-refractivity contribution is 0.0981. The molecule has 0 bridgehead atoms. The van der Waals surface area contributed by atoms with Gasteiger partial charge in [-0.05, 0) is 53.9 Å². The summed E-state index contributed by atoms with van der Waals surface area (Å²) in [5.74, 6) is -0.350. The van der Waals surface area contributed by atoms with Crippen molar-refractivity contribution in [3.05, 3.63) is 128 Å². The van der Waals surface area contributed by atoms with Crippen molar-refractivity contribution in [1.29, 1.82) is 0 Å². The molecule has 1 aromatic heterocycles. The number of benzene rings is 4. The van der Waals surface area contributed by atoms with Crippen LogP contribution >= 0.6 is 23.2 Å². The van der Waals surface area contributed by atoms with Crippen molar-refractivity contribution in [2.24, 2.45) is 0 Å². The Balaban J connectivity index is 1.59. The SMILES string of the molecule is CCCCc1nn(-c2cc(N)ccc2Cl)c(=O)n1Cc1ccc(-c2ccccc2)c(S(=O)(=O)NC(=O)c2ccccc2Cl)c1. The maximum Gasteiger partial charge on any atom is 0.351 e. The summed E-state index contributed by atoms with van der Waals surface area (Å²) < 4.78 is 32.4. The van der Waals surface area contributed by atoms with Crippen molar-refractivity contribution in [3.8, 4) is 16.8 Å². The number of nitrogens with two attached hydrogens (primary N) is 1. The van der Waals surface area contributed by atoms with Gasteiger partial charge in [0.05, 0.1) is 32.7 Å². The first-order valence-electron chi connectivity index (χ1n) is 13.8. The van der Waals surface area contributed by atoms with Crippen LogP contribution in [-0.2, 0) is 23.0 Å². The second-order valence-electron chi connectivity index (χ2n) is 10.1. The number of sulfonamides is 1. The summed E-state index contributed by atoms with van der Waals surface area (Å²) in [6, 6.07) is 24.8. The fourth-order valence-corrected chi connectivity index (χ4v) is 6.43. The fourth-order valence-electron chi connectivity index (χ4n) is 4.77. The molecule has 0 radical (unpaired) electrons. The Morgan fingerprint density at radius 3 is 2.39 bits per heavy atom. The van der Waals surface area contributed by atoms with Crippen LogP contribution in [0.4, 0.5) is 5.69 Å². The fraction of sp³-hybridized carbons (Fsp3) is 0.156. The standard InChI is InChI=1S/C32H29Cl2N5O4S/c1-2-3-13-30-36-39(28-19-23(35)15-17-27(28)34)32(41)38(30)20-21-14-16-24(22-9-5-4-6-10-22)29(18-21)44(42,43)37-31(40)25-11-7-8-12-26(25)33/h4-12,14-19H,2-3,13,20,35H2,1H3,(H,37,40). The lowest BCUT2D eigenvalue weighted by Gasteiger charge is -2.15. The van der Waals surface area contributed by atoms with Gasteiger partial charge in [-0.15, -0.1) is 5.10 Å². The summed E-state index contributed by atoms with van der Waals surface area (Å²) in [6.07, 6.45) is 2.17. The highest BCUT2D eigenvalue weighted by atomic mass is 35.5. The minimum absolute atomic E-state index is 0.0217. The van der Waals surface area contributed by atoms with Gasteiger partial charge in [0.25, 0.3) is 15.9 Å². The number of aryl methyl sites for hydroxylation is 1. The van der Waals surface area contributed by atoms with E-state index in [9.17, 15) is 18.0 Å². The predicted octanol–water partition coefficient (Wildman–Crippen LogP) is 6.10. The highest BCUT2D eigenvalue weighted by molar-refractivity contribution is 7.90. The van der Waals surface area contributed by atoms with Crippen LogP contribution in [0, 0.1) is 0 Å². The van der Waals surface area contributed by atoms with Crippen LogP contribution < -0.4 is 16.1 Å². The van der Waals surface area contributed by atoms with Crippen molar-refractivity contribution in [1.82, 2.24) is 19.1 Å². The number of hydrogen-bond acceptors (Lipinski definition) is 6. The summed E-state index contributed by atoms with van der Waals surface area (Å²) in [6.45, 7) is 2.05. The molecule has 226 valence electrons. The van der Waals surface area contributed by atoms with Crippen LogP contribution in [0.25, 0.3) is 16.8 Å². The zero-order valence-corrected chi connectivity index (χ0v) is 26.0. The Morgan fingerprint density at radius 2 is 1.66 bits per heavy atom. The Morgan fingerprint density at radius 1 is 0.932 bits per heavy atom. The number of anilines is 1. The van der Waals surface area contributed by atoms with E-state index < -0.39 is 21.6 Å². The maximum atomic E-state index is 13.8. The number of carbonyl (C=O) groups excluding carboxylic acids is 1. The third-order valence-corrected chi connectivity index (χ3v) is 9.02. The molecule has 44 heavy (non-hydrogen) atoms. The number of unbranched alkanes of at least 4 members (excludes halogenated alkanes) is 1. The molecule has 5 aromatic rings. The Hall–Kier alpha value is -4.38. The molecule has 12 heteroatoms. The molecule has 0 aliphatic carbocycles. The first-order valence-corrected chi connectivity index (χ1v) is 16.1. The Kier molecular flexibility index (Phi) is 9.24. The molecule has 0 atom stereocenters. The molecule has 0 saturated heterocycles. The third kappa shape index (κ3) is 6.57. The molecule has 0 aliphatic rings. The van der Waals surface area contributed by atoms with Crippen molar-refractivity contribution < 1.29 is 13.2 Å². The van der Waals surface area contributed by atoms with E-state index in [4.69, 9.17) is 28.9 Å².